The molecule has 9 nitrogen and oxygen atoms in total. The third-order valence-corrected chi connectivity index (χ3v) is 10.1. The fraction of sp³-hybridized carbons (Fsp3) is 0.297. The fourth-order valence-corrected chi connectivity index (χ4v) is 7.20. The zero-order valence-electron chi connectivity index (χ0n) is 26.7. The number of nitrogens with one attached hydrogen (secondary N) is 1. The Morgan fingerprint density at radius 1 is 0.809 bits per heavy atom. The number of hydrogen-bond acceptors (Lipinski definition) is 6. The van der Waals surface area contributed by atoms with Crippen LogP contribution in [0.3, 0.4) is 0 Å². The maximum Gasteiger partial charge on any atom is 0.264 e. The average molecular weight is 656 g/mol. The first-order chi connectivity index (χ1) is 22.8. The molecule has 246 valence electrons. The molecule has 0 aromatic heterocycles. The van der Waals surface area contributed by atoms with E-state index in [9.17, 15) is 18.0 Å². The van der Waals surface area contributed by atoms with E-state index >= 15 is 0 Å². The van der Waals surface area contributed by atoms with Crippen LogP contribution in [-0.4, -0.2) is 50.9 Å². The predicted octanol–water partition coefficient (Wildman–Crippen LogP) is 6.55. The van der Waals surface area contributed by atoms with E-state index in [1.165, 1.54) is 17.0 Å². The summed E-state index contributed by atoms with van der Waals surface area (Å²) in [5.41, 5.74) is 1.07. The highest BCUT2D eigenvalue weighted by molar-refractivity contribution is 7.92. The molecule has 0 radical (unpaired) electrons. The van der Waals surface area contributed by atoms with Crippen molar-refractivity contribution in [3.63, 3.8) is 0 Å². The van der Waals surface area contributed by atoms with E-state index in [0.29, 0.717) is 23.7 Å². The number of ether oxygens (including phenoxy) is 2. The first-order valence-electron chi connectivity index (χ1n) is 15.9. The summed E-state index contributed by atoms with van der Waals surface area (Å²) in [6.07, 6.45) is 4.27. The standard InChI is InChI=1S/C37H41N3O6S/c1-3-35(37(42)38-29-12-10-11-13-29)39(26-28-18-22-31(45-2)23-19-28)36(41)27-40(47(43,44)34-16-8-5-9-17-34)30-20-24-33(25-21-30)46-32-14-6-4-7-15-32/h4-9,14-25,29,35H,3,10-13,26-27H2,1-2H3,(H,38,42)/t35-/m0/s1. The highest BCUT2D eigenvalue weighted by Crippen LogP contribution is 2.29. The van der Waals surface area contributed by atoms with Crippen LogP contribution in [0, 0.1) is 0 Å². The second-order valence-corrected chi connectivity index (χ2v) is 13.4. The monoisotopic (exact) mass is 655 g/mol. The fourth-order valence-electron chi connectivity index (χ4n) is 5.77. The third kappa shape index (κ3) is 8.51. The molecule has 1 N–H and O–H groups in total. The molecule has 0 saturated heterocycles. The number of sulfonamides is 1. The minimum atomic E-state index is -4.18. The molecule has 10 heteroatoms. The van der Waals surface area contributed by atoms with Crippen LogP contribution in [-0.2, 0) is 26.2 Å². The number of rotatable bonds is 14. The second kappa shape index (κ2) is 15.6. The lowest BCUT2D eigenvalue weighted by atomic mass is 10.1. The molecule has 1 atom stereocenters. The number of anilines is 1. The quantitative estimate of drug-likeness (QED) is 0.165. The van der Waals surface area contributed by atoms with Crippen molar-refractivity contribution in [3.8, 4) is 17.2 Å². The molecule has 1 fully saturated rings. The van der Waals surface area contributed by atoms with Crippen molar-refractivity contribution in [2.75, 3.05) is 18.0 Å². The summed E-state index contributed by atoms with van der Waals surface area (Å²) in [4.78, 5) is 29.6. The van der Waals surface area contributed by atoms with E-state index in [-0.39, 0.29) is 29.1 Å². The van der Waals surface area contributed by atoms with E-state index in [1.54, 1.807) is 61.7 Å². The smallest absolute Gasteiger partial charge is 0.264 e. The average Bonchev–Trinajstić information content (AvgIpc) is 3.61. The zero-order valence-corrected chi connectivity index (χ0v) is 27.6. The molecule has 1 aliphatic carbocycles. The lowest BCUT2D eigenvalue weighted by molar-refractivity contribution is -0.140. The summed E-state index contributed by atoms with van der Waals surface area (Å²) < 4.78 is 40.6. The molecule has 0 aliphatic heterocycles. The first kappa shape index (κ1) is 33.5. The van der Waals surface area contributed by atoms with Crippen molar-refractivity contribution in [2.45, 2.75) is 62.6 Å². The maximum absolute atomic E-state index is 14.4. The molecule has 0 bridgehead atoms. The Kier molecular flexibility index (Phi) is 11.2. The van der Waals surface area contributed by atoms with Gasteiger partial charge in [0.2, 0.25) is 11.8 Å². The van der Waals surface area contributed by atoms with Crippen molar-refractivity contribution in [2.24, 2.45) is 0 Å². The van der Waals surface area contributed by atoms with Crippen molar-refractivity contribution >= 4 is 27.5 Å². The van der Waals surface area contributed by atoms with Gasteiger partial charge in [-0.05, 0) is 85.5 Å². The van der Waals surface area contributed by atoms with Crippen LogP contribution in [0.2, 0.25) is 0 Å². The molecule has 4 aromatic carbocycles. The number of carbonyl (C=O) groups excluding carboxylic acids is 2. The highest BCUT2D eigenvalue weighted by Gasteiger charge is 2.34. The molecule has 0 unspecified atom stereocenters. The summed E-state index contributed by atoms with van der Waals surface area (Å²) in [7, 11) is -2.60. The van der Waals surface area contributed by atoms with Crippen LogP contribution in [0.5, 0.6) is 17.2 Å². The van der Waals surface area contributed by atoms with E-state index < -0.39 is 28.5 Å². The van der Waals surface area contributed by atoms with Crippen LogP contribution in [0.4, 0.5) is 5.69 Å². The normalized spacial score (nSPS) is 13.8. The minimum absolute atomic E-state index is 0.0464. The van der Waals surface area contributed by atoms with Crippen molar-refractivity contribution in [1.82, 2.24) is 10.2 Å². The molecule has 0 spiro atoms. The van der Waals surface area contributed by atoms with Crippen LogP contribution < -0.4 is 19.1 Å². The predicted molar refractivity (Wildman–Crippen MR) is 182 cm³/mol. The third-order valence-electron chi connectivity index (χ3n) is 8.31. The largest absolute Gasteiger partial charge is 0.497 e. The van der Waals surface area contributed by atoms with Gasteiger partial charge in [-0.3, -0.25) is 13.9 Å². The number of para-hydroxylation sites is 1. The summed E-state index contributed by atoms with van der Waals surface area (Å²) in [5, 5.41) is 3.14. The maximum atomic E-state index is 14.4. The molecule has 5 rings (SSSR count). The molecule has 1 aliphatic rings. The number of nitrogens with zero attached hydrogens (tertiary/aromatic N) is 2. The van der Waals surface area contributed by atoms with Gasteiger partial charge in [0.05, 0.1) is 17.7 Å². The van der Waals surface area contributed by atoms with Crippen LogP contribution in [0.1, 0.15) is 44.6 Å². The molecule has 0 heterocycles. The zero-order chi connectivity index (χ0) is 33.2. The van der Waals surface area contributed by atoms with E-state index in [2.05, 4.69) is 5.32 Å². The van der Waals surface area contributed by atoms with Crippen molar-refractivity contribution < 1.29 is 27.5 Å². The van der Waals surface area contributed by atoms with Gasteiger partial charge in [-0.1, -0.05) is 68.3 Å². The highest BCUT2D eigenvalue weighted by atomic mass is 32.2. The van der Waals surface area contributed by atoms with Gasteiger partial charge >= 0.3 is 0 Å². The first-order valence-corrected chi connectivity index (χ1v) is 17.4. The Bertz CT molecular complexity index is 1710. The van der Waals surface area contributed by atoms with Gasteiger partial charge in [0.15, 0.2) is 0 Å². The Morgan fingerprint density at radius 2 is 1.38 bits per heavy atom. The van der Waals surface area contributed by atoms with Gasteiger partial charge in [-0.15, -0.1) is 0 Å². The Hall–Kier alpha value is -4.83. The number of amides is 2. The minimum Gasteiger partial charge on any atom is -0.497 e. The van der Waals surface area contributed by atoms with E-state index in [4.69, 9.17) is 9.47 Å². The number of benzene rings is 4. The van der Waals surface area contributed by atoms with E-state index in [0.717, 1.165) is 35.6 Å². The number of hydrogen-bond donors (Lipinski definition) is 1. The number of carbonyl (C=O) groups is 2. The summed E-state index contributed by atoms with van der Waals surface area (Å²) in [5.74, 6) is 1.08. The Morgan fingerprint density at radius 3 is 1.98 bits per heavy atom. The molecular weight excluding hydrogens is 614 g/mol. The Balaban J connectivity index is 1.48. The molecule has 2 amide bonds. The van der Waals surface area contributed by atoms with Gasteiger partial charge in [-0.2, -0.15) is 0 Å². The SMILES string of the molecule is CC[C@@H](C(=O)NC1CCCC1)N(Cc1ccc(OC)cc1)C(=O)CN(c1ccc(Oc2ccccc2)cc1)S(=O)(=O)c1ccccc1. The summed E-state index contributed by atoms with van der Waals surface area (Å²) in [6.45, 7) is 1.46. The van der Waals surface area contributed by atoms with E-state index in [1.807, 2.05) is 49.4 Å². The van der Waals surface area contributed by atoms with Gasteiger partial charge < -0.3 is 19.7 Å². The topological polar surface area (TPSA) is 105 Å². The summed E-state index contributed by atoms with van der Waals surface area (Å²) in [6, 6.07) is 30.4. The van der Waals surface area contributed by atoms with Gasteiger partial charge in [-0.25, -0.2) is 8.42 Å². The number of methoxy groups -OCH3 is 1. The molecule has 47 heavy (non-hydrogen) atoms. The van der Waals surface area contributed by atoms with Gasteiger partial charge in [0.1, 0.15) is 29.8 Å². The van der Waals surface area contributed by atoms with Crippen LogP contribution >= 0.6 is 0 Å². The second-order valence-electron chi connectivity index (χ2n) is 11.5. The van der Waals surface area contributed by atoms with Gasteiger partial charge in [0.25, 0.3) is 10.0 Å². The van der Waals surface area contributed by atoms with Crippen LogP contribution in [0.25, 0.3) is 0 Å². The van der Waals surface area contributed by atoms with Crippen LogP contribution in [0.15, 0.2) is 114 Å². The van der Waals surface area contributed by atoms with Gasteiger partial charge in [0, 0.05) is 12.6 Å². The van der Waals surface area contributed by atoms with Crippen molar-refractivity contribution in [1.29, 1.82) is 0 Å². The Labute approximate surface area is 277 Å². The van der Waals surface area contributed by atoms with Crippen molar-refractivity contribution in [3.05, 3.63) is 115 Å². The lowest BCUT2D eigenvalue weighted by Gasteiger charge is -2.33. The lowest BCUT2D eigenvalue weighted by Crippen LogP contribution is -2.53. The summed E-state index contributed by atoms with van der Waals surface area (Å²) >= 11 is 0. The molecule has 4 aromatic rings. The molecule has 1 saturated carbocycles. The molecular formula is C37H41N3O6S.